The molecule has 2 rings (SSSR count). The molecule has 0 atom stereocenters. The van der Waals surface area contributed by atoms with E-state index >= 15 is 0 Å². The lowest BCUT2D eigenvalue weighted by atomic mass is 10.2. The molecule has 6 heteroatoms. The summed E-state index contributed by atoms with van der Waals surface area (Å²) < 4.78 is 5.15. The summed E-state index contributed by atoms with van der Waals surface area (Å²) in [5, 5.41) is 0. The number of hydrogen-bond donors (Lipinski definition) is 1. The monoisotopic (exact) mass is 262 g/mol. The summed E-state index contributed by atoms with van der Waals surface area (Å²) in [6, 6.07) is 1.73. The van der Waals surface area contributed by atoms with E-state index in [1.807, 2.05) is 16.7 Å². The van der Waals surface area contributed by atoms with Gasteiger partial charge in [0.2, 0.25) is 0 Å². The second-order valence-electron chi connectivity index (χ2n) is 3.41. The molecule has 2 heterocycles. The van der Waals surface area contributed by atoms with Gasteiger partial charge < -0.3 is 15.1 Å². The Labute approximate surface area is 105 Å². The molecule has 1 aromatic heterocycles. The zero-order valence-corrected chi connectivity index (χ0v) is 10.5. The molecule has 0 aliphatic carbocycles. The molecule has 1 saturated heterocycles. The van der Waals surface area contributed by atoms with Gasteiger partial charge in [-0.05, 0) is 6.07 Å². The van der Waals surface area contributed by atoms with Crippen LogP contribution in [-0.4, -0.2) is 35.4 Å². The van der Waals surface area contributed by atoms with Gasteiger partial charge in [0.15, 0.2) is 0 Å². The van der Waals surface area contributed by atoms with Crippen LogP contribution in [-0.2, 0) is 6.54 Å². The zero-order chi connectivity index (χ0) is 10.7. The van der Waals surface area contributed by atoms with Gasteiger partial charge in [-0.1, -0.05) is 0 Å². The topological polar surface area (TPSA) is 59.5 Å². The molecule has 0 saturated carbocycles. The molecule has 2 N–H and O–H groups in total. The number of carbonyl (C=O) groups is 1. The van der Waals surface area contributed by atoms with Crippen molar-refractivity contribution in [2.75, 3.05) is 24.6 Å². The van der Waals surface area contributed by atoms with Crippen molar-refractivity contribution in [2.45, 2.75) is 6.54 Å². The molecule has 16 heavy (non-hydrogen) atoms. The Kier molecular flexibility index (Phi) is 5.18. The van der Waals surface area contributed by atoms with Crippen LogP contribution in [0.2, 0.25) is 0 Å². The highest BCUT2D eigenvalue weighted by Crippen LogP contribution is 2.14. The summed E-state index contributed by atoms with van der Waals surface area (Å²) >= 11 is 1.88. The van der Waals surface area contributed by atoms with Gasteiger partial charge in [0.25, 0.3) is 5.91 Å². The lowest BCUT2D eigenvalue weighted by molar-refractivity contribution is 0.0771. The Morgan fingerprint density at radius 3 is 2.75 bits per heavy atom. The van der Waals surface area contributed by atoms with Crippen LogP contribution in [0.25, 0.3) is 0 Å². The maximum Gasteiger partial charge on any atom is 0.257 e. The molecule has 1 aliphatic rings. The van der Waals surface area contributed by atoms with Gasteiger partial charge in [-0.2, -0.15) is 11.8 Å². The largest absolute Gasteiger partial charge is 0.467 e. The fraction of sp³-hybridized carbons (Fsp3) is 0.500. The first-order chi connectivity index (χ1) is 7.31. The van der Waals surface area contributed by atoms with Crippen LogP contribution in [0, 0.1) is 0 Å². The fourth-order valence-electron chi connectivity index (χ4n) is 1.55. The van der Waals surface area contributed by atoms with Crippen LogP contribution < -0.4 is 5.73 Å². The van der Waals surface area contributed by atoms with Crippen molar-refractivity contribution in [2.24, 2.45) is 5.73 Å². The highest BCUT2D eigenvalue weighted by atomic mass is 35.5. The van der Waals surface area contributed by atoms with Gasteiger partial charge in [0.1, 0.15) is 12.0 Å². The summed E-state index contributed by atoms with van der Waals surface area (Å²) in [4.78, 5) is 13.8. The number of halogens is 1. The molecular weight excluding hydrogens is 248 g/mol. The summed E-state index contributed by atoms with van der Waals surface area (Å²) in [6.07, 6.45) is 1.49. The number of nitrogens with two attached hydrogens (primary N) is 1. The number of amides is 1. The highest BCUT2D eigenvalue weighted by molar-refractivity contribution is 7.99. The molecule has 1 amide bonds. The van der Waals surface area contributed by atoms with E-state index in [-0.39, 0.29) is 18.3 Å². The van der Waals surface area contributed by atoms with Crippen molar-refractivity contribution in [1.82, 2.24) is 4.90 Å². The maximum absolute atomic E-state index is 11.9. The molecule has 0 bridgehead atoms. The number of furan rings is 1. The third-order valence-corrected chi connectivity index (χ3v) is 3.34. The predicted octanol–water partition coefficient (Wildman–Crippen LogP) is 1.35. The SMILES string of the molecule is Cl.NCc1cc(C(=O)N2CCSCC2)co1. The van der Waals surface area contributed by atoms with Crippen molar-refractivity contribution in [3.63, 3.8) is 0 Å². The smallest absolute Gasteiger partial charge is 0.257 e. The quantitative estimate of drug-likeness (QED) is 0.874. The van der Waals surface area contributed by atoms with E-state index in [4.69, 9.17) is 10.2 Å². The molecule has 90 valence electrons. The average molecular weight is 263 g/mol. The zero-order valence-electron chi connectivity index (χ0n) is 8.85. The standard InChI is InChI=1S/C10H14N2O2S.ClH/c11-6-9-5-8(7-14-9)10(13)12-1-3-15-4-2-12;/h5,7H,1-4,6,11H2;1H. The first-order valence-corrected chi connectivity index (χ1v) is 6.11. The predicted molar refractivity (Wildman–Crippen MR) is 67.1 cm³/mol. The van der Waals surface area contributed by atoms with E-state index < -0.39 is 0 Å². The van der Waals surface area contributed by atoms with E-state index in [2.05, 4.69) is 0 Å². The summed E-state index contributed by atoms with van der Waals surface area (Å²) in [5.41, 5.74) is 6.03. The van der Waals surface area contributed by atoms with Gasteiger partial charge >= 0.3 is 0 Å². The van der Waals surface area contributed by atoms with Crippen LogP contribution in [0.5, 0.6) is 0 Å². The maximum atomic E-state index is 11.9. The third-order valence-electron chi connectivity index (χ3n) is 2.40. The third kappa shape index (κ3) is 2.93. The summed E-state index contributed by atoms with van der Waals surface area (Å²) in [5.74, 6) is 2.75. The van der Waals surface area contributed by atoms with E-state index in [1.54, 1.807) is 6.07 Å². The molecule has 1 aromatic rings. The average Bonchev–Trinajstić information content (AvgIpc) is 2.78. The molecule has 0 radical (unpaired) electrons. The summed E-state index contributed by atoms with van der Waals surface area (Å²) in [6.45, 7) is 1.99. The second-order valence-corrected chi connectivity index (χ2v) is 4.64. The van der Waals surface area contributed by atoms with E-state index in [1.165, 1.54) is 6.26 Å². The minimum atomic E-state index is 0. The minimum absolute atomic E-state index is 0. The van der Waals surface area contributed by atoms with Gasteiger partial charge in [-0.3, -0.25) is 4.79 Å². The van der Waals surface area contributed by atoms with Crippen LogP contribution in [0.3, 0.4) is 0 Å². The minimum Gasteiger partial charge on any atom is -0.467 e. The molecular formula is C10H15ClN2O2S. The van der Waals surface area contributed by atoms with Crippen molar-refractivity contribution < 1.29 is 9.21 Å². The number of rotatable bonds is 2. The van der Waals surface area contributed by atoms with Crippen LogP contribution in [0.1, 0.15) is 16.1 Å². The number of nitrogens with zero attached hydrogens (tertiary/aromatic N) is 1. The Morgan fingerprint density at radius 1 is 1.50 bits per heavy atom. The van der Waals surface area contributed by atoms with Crippen molar-refractivity contribution in [3.8, 4) is 0 Å². The highest BCUT2D eigenvalue weighted by Gasteiger charge is 2.19. The van der Waals surface area contributed by atoms with E-state index in [0.29, 0.717) is 17.9 Å². The lowest BCUT2D eigenvalue weighted by Gasteiger charge is -2.25. The molecule has 0 spiro atoms. The van der Waals surface area contributed by atoms with E-state index in [0.717, 1.165) is 24.6 Å². The van der Waals surface area contributed by atoms with Gasteiger partial charge in [0, 0.05) is 24.6 Å². The first kappa shape index (κ1) is 13.4. The van der Waals surface area contributed by atoms with Crippen LogP contribution in [0.4, 0.5) is 0 Å². The second kappa shape index (κ2) is 6.18. The summed E-state index contributed by atoms with van der Waals surface area (Å²) in [7, 11) is 0. The fourth-order valence-corrected chi connectivity index (χ4v) is 2.45. The lowest BCUT2D eigenvalue weighted by Crippen LogP contribution is -2.37. The first-order valence-electron chi connectivity index (χ1n) is 4.96. The Bertz CT molecular complexity index is 350. The Balaban J connectivity index is 0.00000128. The molecule has 0 unspecified atom stereocenters. The number of thioether (sulfide) groups is 1. The Hall–Kier alpha value is -0.650. The molecule has 1 aliphatic heterocycles. The molecule has 4 nitrogen and oxygen atoms in total. The Morgan fingerprint density at radius 2 is 2.19 bits per heavy atom. The molecule has 1 fully saturated rings. The van der Waals surface area contributed by atoms with Crippen LogP contribution >= 0.6 is 24.2 Å². The van der Waals surface area contributed by atoms with Crippen molar-refractivity contribution >= 4 is 30.1 Å². The van der Waals surface area contributed by atoms with E-state index in [9.17, 15) is 4.79 Å². The van der Waals surface area contributed by atoms with Crippen LogP contribution in [0.15, 0.2) is 16.7 Å². The van der Waals surface area contributed by atoms with Gasteiger partial charge in [-0.15, -0.1) is 12.4 Å². The number of carbonyl (C=O) groups excluding carboxylic acids is 1. The van der Waals surface area contributed by atoms with Crippen molar-refractivity contribution in [3.05, 3.63) is 23.7 Å². The molecule has 0 aromatic carbocycles. The number of hydrogen-bond acceptors (Lipinski definition) is 4. The van der Waals surface area contributed by atoms with Gasteiger partial charge in [-0.25, -0.2) is 0 Å². The van der Waals surface area contributed by atoms with Gasteiger partial charge in [0.05, 0.1) is 12.1 Å². The van der Waals surface area contributed by atoms with Crippen molar-refractivity contribution in [1.29, 1.82) is 0 Å². The normalized spacial score (nSPS) is 15.7.